The Bertz CT molecular complexity index is 480. The Morgan fingerprint density at radius 1 is 1.50 bits per heavy atom. The van der Waals surface area contributed by atoms with Gasteiger partial charge in [-0.2, -0.15) is 0 Å². The fourth-order valence-electron chi connectivity index (χ4n) is 1.13. The van der Waals surface area contributed by atoms with Gasteiger partial charge in [0.25, 0.3) is 0 Å². The van der Waals surface area contributed by atoms with Crippen LogP contribution in [-0.2, 0) is 0 Å². The maximum Gasteiger partial charge on any atom is 1.00 e. The molecule has 0 aliphatic carbocycles. The third kappa shape index (κ3) is 1.65. The zero-order valence-electron chi connectivity index (χ0n) is 7.89. The number of hydrogen-bond donors (Lipinski definition) is 0. The smallest absolute Gasteiger partial charge is 0.541 e. The molecule has 0 amide bonds. The van der Waals surface area contributed by atoms with E-state index in [1.54, 1.807) is 18.3 Å². The van der Waals surface area contributed by atoms with Crippen LogP contribution in [-0.4, -0.2) is 20.6 Å². The number of carbonyl (C=O) groups is 1. The van der Waals surface area contributed by atoms with Gasteiger partial charge >= 0.3 is 18.9 Å². The third-order valence-electron chi connectivity index (χ3n) is 1.75. The molecule has 2 heterocycles. The first-order chi connectivity index (χ1) is 6.18. The maximum absolute atomic E-state index is 10.5. The van der Waals surface area contributed by atoms with E-state index in [0.717, 1.165) is 5.56 Å². The Morgan fingerprint density at radius 2 is 2.21 bits per heavy atom. The second-order valence-electron chi connectivity index (χ2n) is 2.74. The molecule has 6 heteroatoms. The summed E-state index contributed by atoms with van der Waals surface area (Å²) in [4.78, 5) is 10.5. The molecule has 0 atom stereocenters. The van der Waals surface area contributed by atoms with Crippen LogP contribution in [0.2, 0.25) is 0 Å². The number of rotatable bonds is 1. The van der Waals surface area contributed by atoms with Crippen LogP contribution < -0.4 is 24.0 Å². The van der Waals surface area contributed by atoms with E-state index < -0.39 is 5.97 Å². The molecule has 0 aromatic carbocycles. The number of carboxylic acid groups (broad SMARTS) is 1. The number of aromatic carboxylic acids is 1. The summed E-state index contributed by atoms with van der Waals surface area (Å²) >= 11 is 0. The molecule has 14 heavy (non-hydrogen) atoms. The minimum atomic E-state index is -1.32. The van der Waals surface area contributed by atoms with Crippen molar-refractivity contribution < 1.29 is 28.8 Å². The monoisotopic (exact) mass is 183 g/mol. The van der Waals surface area contributed by atoms with Gasteiger partial charge in [-0.15, -0.1) is 10.2 Å². The first-order valence-electron chi connectivity index (χ1n) is 3.71. The second kappa shape index (κ2) is 3.82. The predicted octanol–water partition coefficient (Wildman–Crippen LogP) is -3.59. The molecule has 5 nitrogen and oxygen atoms in total. The minimum absolute atomic E-state index is 0. The largest absolute Gasteiger partial charge is 1.00 e. The van der Waals surface area contributed by atoms with Gasteiger partial charge in [0, 0.05) is 6.20 Å². The number of aromatic nitrogens is 3. The Labute approximate surface area is 91.9 Å². The Kier molecular flexibility index (Phi) is 2.94. The summed E-state index contributed by atoms with van der Waals surface area (Å²) in [5.41, 5.74) is 1.52. The zero-order valence-corrected chi connectivity index (χ0v) is 7.89. The minimum Gasteiger partial charge on any atom is -0.541 e. The Hall–Kier alpha value is -1.31. The maximum atomic E-state index is 10.5. The average Bonchev–Trinajstić information content (AvgIpc) is 2.46. The average molecular weight is 183 g/mol. The molecule has 0 bridgehead atoms. The number of carbonyl (C=O) groups excluding carboxylic acids is 1. The van der Waals surface area contributed by atoms with Crippen molar-refractivity contribution in [2.24, 2.45) is 0 Å². The van der Waals surface area contributed by atoms with Crippen molar-refractivity contribution in [2.75, 3.05) is 0 Å². The van der Waals surface area contributed by atoms with Crippen molar-refractivity contribution in [3.05, 3.63) is 29.7 Å². The van der Waals surface area contributed by atoms with Gasteiger partial charge in [-0.1, -0.05) is 0 Å². The van der Waals surface area contributed by atoms with Gasteiger partial charge in [-0.05, 0) is 24.6 Å². The van der Waals surface area contributed by atoms with Gasteiger partial charge in [0.1, 0.15) is 5.97 Å². The Balaban J connectivity index is 0.000000980. The van der Waals surface area contributed by atoms with Crippen LogP contribution in [0.4, 0.5) is 0 Å². The summed E-state index contributed by atoms with van der Waals surface area (Å²) in [6.45, 7) is 1.90. The molecule has 2 aromatic rings. The Morgan fingerprint density at radius 3 is 2.86 bits per heavy atom. The fourth-order valence-corrected chi connectivity index (χ4v) is 1.13. The molecule has 0 aliphatic heterocycles. The molecule has 2 aromatic heterocycles. The van der Waals surface area contributed by atoms with Crippen molar-refractivity contribution in [1.82, 2.24) is 14.6 Å². The standard InChI is InChI=1S/C8H7N3O2.Li/c1-5-2-3-11-6(4-5)9-10-7(11)8(12)13;/h2-4H,1H3,(H,12,13);/q;+1/p-1. The summed E-state index contributed by atoms with van der Waals surface area (Å²) in [5.74, 6) is -1.49. The van der Waals surface area contributed by atoms with E-state index >= 15 is 0 Å². The van der Waals surface area contributed by atoms with Gasteiger partial charge in [-0.3, -0.25) is 4.40 Å². The van der Waals surface area contributed by atoms with Crippen LogP contribution in [0.3, 0.4) is 0 Å². The van der Waals surface area contributed by atoms with Crippen LogP contribution in [0.1, 0.15) is 16.2 Å². The number of carboxylic acids is 1. The summed E-state index contributed by atoms with van der Waals surface area (Å²) in [7, 11) is 0. The van der Waals surface area contributed by atoms with E-state index in [9.17, 15) is 9.90 Å². The first-order valence-corrected chi connectivity index (χ1v) is 3.71. The van der Waals surface area contributed by atoms with E-state index in [-0.39, 0.29) is 24.7 Å². The van der Waals surface area contributed by atoms with Crippen molar-refractivity contribution in [3.63, 3.8) is 0 Å². The number of fused-ring (bicyclic) bond motifs is 1. The van der Waals surface area contributed by atoms with Crippen LogP contribution in [0, 0.1) is 6.92 Å². The van der Waals surface area contributed by atoms with Crippen LogP contribution in [0.5, 0.6) is 0 Å². The molecule has 66 valence electrons. The number of pyridine rings is 1. The van der Waals surface area contributed by atoms with E-state index in [2.05, 4.69) is 10.2 Å². The molecule has 0 radical (unpaired) electrons. The third-order valence-corrected chi connectivity index (χ3v) is 1.75. The van der Waals surface area contributed by atoms with Crippen molar-refractivity contribution in [2.45, 2.75) is 6.92 Å². The zero-order chi connectivity index (χ0) is 9.42. The summed E-state index contributed by atoms with van der Waals surface area (Å²) in [5, 5.41) is 17.7. The number of aryl methyl sites for hydroxylation is 1. The van der Waals surface area contributed by atoms with Gasteiger partial charge in [0.15, 0.2) is 11.5 Å². The topological polar surface area (TPSA) is 70.3 Å². The first kappa shape index (κ1) is 10.8. The predicted molar refractivity (Wildman–Crippen MR) is 42.1 cm³/mol. The SMILES string of the molecule is Cc1ccn2c(C(=O)[O-])nnc2c1.[Li+]. The van der Waals surface area contributed by atoms with Crippen LogP contribution >= 0.6 is 0 Å². The molecule has 0 saturated carbocycles. The van der Waals surface area contributed by atoms with Crippen molar-refractivity contribution in [1.29, 1.82) is 0 Å². The van der Waals surface area contributed by atoms with Gasteiger partial charge in [0.05, 0.1) is 0 Å². The molecular formula is C8H6LiN3O2. The quantitative estimate of drug-likeness (QED) is 0.428. The molecule has 0 aliphatic rings. The molecule has 0 saturated heterocycles. The van der Waals surface area contributed by atoms with Crippen LogP contribution in [0.15, 0.2) is 18.3 Å². The van der Waals surface area contributed by atoms with E-state index in [4.69, 9.17) is 0 Å². The molecule has 0 spiro atoms. The van der Waals surface area contributed by atoms with Crippen molar-refractivity contribution >= 4 is 11.6 Å². The molecule has 0 fully saturated rings. The number of hydrogen-bond acceptors (Lipinski definition) is 4. The molecule has 0 N–H and O–H groups in total. The number of nitrogens with zero attached hydrogens (tertiary/aromatic N) is 3. The molecule has 0 unspecified atom stereocenters. The summed E-state index contributed by atoms with van der Waals surface area (Å²) in [6, 6.07) is 3.53. The molecule has 2 rings (SSSR count). The van der Waals surface area contributed by atoms with E-state index in [1.165, 1.54) is 4.40 Å². The van der Waals surface area contributed by atoms with E-state index in [0.29, 0.717) is 5.65 Å². The normalized spacial score (nSPS) is 9.79. The van der Waals surface area contributed by atoms with Gasteiger partial charge < -0.3 is 9.90 Å². The summed E-state index contributed by atoms with van der Waals surface area (Å²) < 4.78 is 1.38. The molecular weight excluding hydrogens is 177 g/mol. The van der Waals surface area contributed by atoms with E-state index in [1.807, 2.05) is 6.92 Å². The van der Waals surface area contributed by atoms with Crippen molar-refractivity contribution in [3.8, 4) is 0 Å². The summed E-state index contributed by atoms with van der Waals surface area (Å²) in [6.07, 6.45) is 1.61. The second-order valence-corrected chi connectivity index (χ2v) is 2.74. The fraction of sp³-hybridized carbons (Fsp3) is 0.125. The van der Waals surface area contributed by atoms with Crippen LogP contribution in [0.25, 0.3) is 5.65 Å². The van der Waals surface area contributed by atoms with Gasteiger partial charge in [-0.25, -0.2) is 0 Å². The van der Waals surface area contributed by atoms with Gasteiger partial charge in [0.2, 0.25) is 0 Å².